The van der Waals surface area contributed by atoms with Crippen molar-refractivity contribution < 1.29 is 14.6 Å². The van der Waals surface area contributed by atoms with Gasteiger partial charge in [0.1, 0.15) is 18.5 Å². The third kappa shape index (κ3) is 4.68. The van der Waals surface area contributed by atoms with Crippen LogP contribution in [0.4, 0.5) is 0 Å². The first-order valence-electron chi connectivity index (χ1n) is 7.52. The van der Waals surface area contributed by atoms with Crippen LogP contribution in [0.25, 0.3) is 0 Å². The van der Waals surface area contributed by atoms with Crippen molar-refractivity contribution in [2.75, 3.05) is 26.8 Å². The van der Waals surface area contributed by atoms with Crippen molar-refractivity contribution in [3.8, 4) is 5.75 Å². The molecule has 0 aromatic heterocycles. The van der Waals surface area contributed by atoms with Crippen LogP contribution in [0.5, 0.6) is 5.75 Å². The van der Waals surface area contributed by atoms with Gasteiger partial charge in [-0.05, 0) is 38.1 Å². The van der Waals surface area contributed by atoms with Crippen molar-refractivity contribution in [1.29, 1.82) is 0 Å². The van der Waals surface area contributed by atoms with Crippen LogP contribution in [0.2, 0.25) is 0 Å². The summed E-state index contributed by atoms with van der Waals surface area (Å²) >= 11 is 0. The van der Waals surface area contributed by atoms with Gasteiger partial charge < -0.3 is 20.3 Å². The molecule has 1 aromatic carbocycles. The van der Waals surface area contributed by atoms with Crippen LogP contribution in [-0.4, -0.2) is 55.1 Å². The standard InChI is InChI=1S/C16H26N2O3/c1-12-16(6-7-20-12)18(2)10-14(19)11-21-15-5-3-4-13(8-15)9-17/h3-5,8,12,14,16,19H,6-7,9-11,17H2,1-2H3. The quantitative estimate of drug-likeness (QED) is 0.785. The monoisotopic (exact) mass is 294 g/mol. The number of aliphatic hydroxyl groups excluding tert-OH is 1. The van der Waals surface area contributed by atoms with E-state index in [4.69, 9.17) is 15.2 Å². The van der Waals surface area contributed by atoms with E-state index in [1.54, 1.807) is 0 Å². The Morgan fingerprint density at radius 1 is 1.52 bits per heavy atom. The van der Waals surface area contributed by atoms with Gasteiger partial charge in [0.25, 0.3) is 0 Å². The van der Waals surface area contributed by atoms with E-state index in [2.05, 4.69) is 11.8 Å². The molecule has 3 unspecified atom stereocenters. The highest BCUT2D eigenvalue weighted by molar-refractivity contribution is 5.28. The Morgan fingerprint density at radius 2 is 2.33 bits per heavy atom. The van der Waals surface area contributed by atoms with Crippen LogP contribution >= 0.6 is 0 Å². The van der Waals surface area contributed by atoms with Crippen LogP contribution in [0, 0.1) is 0 Å². The lowest BCUT2D eigenvalue weighted by atomic mass is 10.1. The maximum Gasteiger partial charge on any atom is 0.119 e. The number of rotatable bonds is 7. The second-order valence-corrected chi connectivity index (χ2v) is 5.69. The zero-order valence-corrected chi connectivity index (χ0v) is 12.9. The normalized spacial score (nSPS) is 23.5. The first kappa shape index (κ1) is 16.2. The molecule has 5 heteroatoms. The predicted octanol–water partition coefficient (Wildman–Crippen LogP) is 0.994. The lowest BCUT2D eigenvalue weighted by molar-refractivity contribution is 0.0401. The van der Waals surface area contributed by atoms with Crippen LogP contribution < -0.4 is 10.5 Å². The lowest BCUT2D eigenvalue weighted by Gasteiger charge is -2.28. The maximum absolute atomic E-state index is 10.1. The molecule has 3 N–H and O–H groups in total. The summed E-state index contributed by atoms with van der Waals surface area (Å²) < 4.78 is 11.2. The Hall–Kier alpha value is -1.14. The second kappa shape index (κ2) is 7.75. The fourth-order valence-corrected chi connectivity index (χ4v) is 2.77. The average Bonchev–Trinajstić information content (AvgIpc) is 2.91. The van der Waals surface area contributed by atoms with E-state index in [1.807, 2.05) is 31.3 Å². The largest absolute Gasteiger partial charge is 0.491 e. The van der Waals surface area contributed by atoms with Crippen LogP contribution in [0.3, 0.4) is 0 Å². The number of benzene rings is 1. The molecule has 0 aliphatic carbocycles. The average molecular weight is 294 g/mol. The number of hydrogen-bond acceptors (Lipinski definition) is 5. The van der Waals surface area contributed by atoms with E-state index in [-0.39, 0.29) is 12.7 Å². The Balaban J connectivity index is 1.77. The van der Waals surface area contributed by atoms with Gasteiger partial charge in [-0.25, -0.2) is 0 Å². The van der Waals surface area contributed by atoms with Gasteiger partial charge >= 0.3 is 0 Å². The van der Waals surface area contributed by atoms with E-state index in [9.17, 15) is 5.11 Å². The summed E-state index contributed by atoms with van der Waals surface area (Å²) in [4.78, 5) is 2.15. The molecule has 2 rings (SSSR count). The van der Waals surface area contributed by atoms with Crippen LogP contribution in [0.1, 0.15) is 18.9 Å². The summed E-state index contributed by atoms with van der Waals surface area (Å²) in [6.45, 7) is 4.22. The predicted molar refractivity (Wildman–Crippen MR) is 82.3 cm³/mol. The highest BCUT2D eigenvalue weighted by Gasteiger charge is 2.28. The molecule has 1 aliphatic heterocycles. The lowest BCUT2D eigenvalue weighted by Crippen LogP contribution is -2.42. The van der Waals surface area contributed by atoms with Gasteiger partial charge in [0.2, 0.25) is 0 Å². The van der Waals surface area contributed by atoms with Crippen molar-refractivity contribution in [2.45, 2.75) is 38.1 Å². The van der Waals surface area contributed by atoms with Gasteiger partial charge in [0, 0.05) is 25.7 Å². The molecule has 1 aromatic rings. The molecule has 21 heavy (non-hydrogen) atoms. The molecule has 3 atom stereocenters. The third-order valence-electron chi connectivity index (χ3n) is 3.98. The molecule has 0 bridgehead atoms. The topological polar surface area (TPSA) is 68.0 Å². The van der Waals surface area contributed by atoms with Crippen molar-refractivity contribution in [3.05, 3.63) is 29.8 Å². The molecule has 1 saturated heterocycles. The second-order valence-electron chi connectivity index (χ2n) is 5.69. The van der Waals surface area contributed by atoms with Gasteiger partial charge in [0.15, 0.2) is 0 Å². The third-order valence-corrected chi connectivity index (χ3v) is 3.98. The molecular formula is C16H26N2O3. The molecule has 1 aliphatic rings. The van der Waals surface area contributed by atoms with Gasteiger partial charge in [-0.1, -0.05) is 12.1 Å². The summed E-state index contributed by atoms with van der Waals surface area (Å²) in [7, 11) is 2.02. The fraction of sp³-hybridized carbons (Fsp3) is 0.625. The van der Waals surface area contributed by atoms with E-state index < -0.39 is 6.10 Å². The Labute approximate surface area is 126 Å². The molecule has 1 fully saturated rings. The number of nitrogens with two attached hydrogens (primary N) is 1. The number of aliphatic hydroxyl groups is 1. The van der Waals surface area contributed by atoms with E-state index in [1.165, 1.54) is 0 Å². The number of hydrogen-bond donors (Lipinski definition) is 2. The molecule has 0 radical (unpaired) electrons. The molecular weight excluding hydrogens is 268 g/mol. The molecule has 1 heterocycles. The number of ether oxygens (including phenoxy) is 2. The smallest absolute Gasteiger partial charge is 0.119 e. The molecule has 0 amide bonds. The molecule has 5 nitrogen and oxygen atoms in total. The molecule has 0 saturated carbocycles. The Bertz CT molecular complexity index is 441. The van der Waals surface area contributed by atoms with E-state index in [0.717, 1.165) is 24.3 Å². The molecule has 118 valence electrons. The summed E-state index contributed by atoms with van der Waals surface area (Å²) in [5, 5.41) is 10.1. The summed E-state index contributed by atoms with van der Waals surface area (Å²) in [6, 6.07) is 8.03. The van der Waals surface area contributed by atoms with Gasteiger partial charge in [0.05, 0.1) is 6.10 Å². The van der Waals surface area contributed by atoms with Gasteiger partial charge in [-0.2, -0.15) is 0 Å². The van der Waals surface area contributed by atoms with E-state index in [0.29, 0.717) is 19.1 Å². The van der Waals surface area contributed by atoms with Crippen molar-refractivity contribution in [3.63, 3.8) is 0 Å². The van der Waals surface area contributed by atoms with Crippen LogP contribution in [0.15, 0.2) is 24.3 Å². The SMILES string of the molecule is CC1OCCC1N(C)CC(O)COc1cccc(CN)c1. The number of nitrogens with zero attached hydrogens (tertiary/aromatic N) is 1. The minimum Gasteiger partial charge on any atom is -0.491 e. The summed E-state index contributed by atoms with van der Waals surface area (Å²) in [5.74, 6) is 0.747. The van der Waals surface area contributed by atoms with Crippen molar-refractivity contribution >= 4 is 0 Å². The Kier molecular flexibility index (Phi) is 5.99. The minimum absolute atomic E-state index is 0.226. The first-order valence-corrected chi connectivity index (χ1v) is 7.52. The molecule has 0 spiro atoms. The van der Waals surface area contributed by atoms with Crippen LogP contribution in [-0.2, 0) is 11.3 Å². The summed E-state index contributed by atoms with van der Waals surface area (Å²) in [5.41, 5.74) is 6.62. The zero-order valence-electron chi connectivity index (χ0n) is 12.9. The number of likely N-dealkylation sites (N-methyl/N-ethyl adjacent to an activating group) is 1. The highest BCUT2D eigenvalue weighted by atomic mass is 16.5. The minimum atomic E-state index is -0.524. The van der Waals surface area contributed by atoms with Crippen molar-refractivity contribution in [2.24, 2.45) is 5.73 Å². The van der Waals surface area contributed by atoms with E-state index >= 15 is 0 Å². The Morgan fingerprint density at radius 3 is 3.00 bits per heavy atom. The summed E-state index contributed by atoms with van der Waals surface area (Å²) in [6.07, 6.45) is 0.720. The maximum atomic E-state index is 10.1. The highest BCUT2D eigenvalue weighted by Crippen LogP contribution is 2.18. The van der Waals surface area contributed by atoms with Gasteiger partial charge in [-0.15, -0.1) is 0 Å². The van der Waals surface area contributed by atoms with Crippen molar-refractivity contribution in [1.82, 2.24) is 4.90 Å². The van der Waals surface area contributed by atoms with Gasteiger partial charge in [-0.3, -0.25) is 4.90 Å². The fourth-order valence-electron chi connectivity index (χ4n) is 2.77. The first-order chi connectivity index (χ1) is 10.1. The zero-order chi connectivity index (χ0) is 15.2.